The Balaban J connectivity index is 0.869. The lowest BCUT2D eigenvalue weighted by Gasteiger charge is -2.57. The van der Waals surface area contributed by atoms with Crippen molar-refractivity contribution in [2.45, 2.75) is 120 Å². The van der Waals surface area contributed by atoms with Crippen LogP contribution in [0.15, 0.2) is 23.1 Å². The molecular formula is C32H44N2O3S. The van der Waals surface area contributed by atoms with Crippen LogP contribution in [-0.2, 0) is 16.1 Å². The monoisotopic (exact) mass is 536 g/mol. The lowest BCUT2D eigenvalue weighted by Crippen LogP contribution is -2.52. The maximum Gasteiger partial charge on any atom is 0.255 e. The van der Waals surface area contributed by atoms with Gasteiger partial charge in [0.05, 0.1) is 0 Å². The van der Waals surface area contributed by atoms with E-state index in [1.165, 1.54) is 51.4 Å². The number of nitrogens with zero attached hydrogens (tertiary/aromatic N) is 1. The molecule has 2 heterocycles. The number of piperidine rings is 1. The Bertz CT molecular complexity index is 1030. The summed E-state index contributed by atoms with van der Waals surface area (Å²) in [6.07, 6.45) is 21.0. The number of benzene rings is 1. The largest absolute Gasteiger partial charge is 0.322 e. The summed E-state index contributed by atoms with van der Waals surface area (Å²) in [5, 5.41) is 2.39. The Morgan fingerprint density at radius 2 is 1.53 bits per heavy atom. The summed E-state index contributed by atoms with van der Waals surface area (Å²) in [7, 11) is 0. The van der Waals surface area contributed by atoms with Crippen molar-refractivity contribution in [1.29, 1.82) is 0 Å². The molecule has 3 amide bonds. The van der Waals surface area contributed by atoms with E-state index in [2.05, 4.69) is 11.4 Å². The SMILES string of the molecule is O=C1CCC(N2Cc3c(SCCCCCCCCCC45CC6CC(CC(C6)C4)C5)cccc3C2=O)C(=O)N1. The summed E-state index contributed by atoms with van der Waals surface area (Å²) in [6, 6.07) is 5.39. The van der Waals surface area contributed by atoms with Gasteiger partial charge in [0.2, 0.25) is 11.8 Å². The third-order valence-electron chi connectivity index (χ3n) is 10.3. The number of hydrogen-bond donors (Lipinski definition) is 1. The molecule has 1 aromatic rings. The van der Waals surface area contributed by atoms with Gasteiger partial charge in [-0.1, -0.05) is 44.6 Å². The zero-order valence-electron chi connectivity index (χ0n) is 22.8. The smallest absolute Gasteiger partial charge is 0.255 e. The first-order valence-corrected chi connectivity index (χ1v) is 16.4. The Labute approximate surface area is 232 Å². The lowest BCUT2D eigenvalue weighted by atomic mass is 9.48. The highest BCUT2D eigenvalue weighted by atomic mass is 32.2. The fourth-order valence-electron chi connectivity index (χ4n) is 8.96. The number of unbranched alkanes of at least 4 members (excludes halogenated alkanes) is 6. The topological polar surface area (TPSA) is 66.5 Å². The van der Waals surface area contributed by atoms with Crippen molar-refractivity contribution < 1.29 is 14.4 Å². The quantitative estimate of drug-likeness (QED) is 0.180. The minimum Gasteiger partial charge on any atom is -0.322 e. The van der Waals surface area contributed by atoms with Crippen LogP contribution < -0.4 is 5.32 Å². The van der Waals surface area contributed by atoms with Crippen LogP contribution in [0.1, 0.15) is 119 Å². The molecule has 206 valence electrons. The average Bonchev–Trinajstić information content (AvgIpc) is 3.21. The van der Waals surface area contributed by atoms with E-state index in [-0.39, 0.29) is 17.7 Å². The number of hydrogen-bond acceptors (Lipinski definition) is 4. The molecule has 6 heteroatoms. The molecule has 0 radical (unpaired) electrons. The minimum absolute atomic E-state index is 0.0832. The molecule has 38 heavy (non-hydrogen) atoms. The van der Waals surface area contributed by atoms with Crippen LogP contribution in [-0.4, -0.2) is 34.4 Å². The number of imide groups is 1. The van der Waals surface area contributed by atoms with Gasteiger partial charge >= 0.3 is 0 Å². The Kier molecular flexibility index (Phi) is 7.89. The molecule has 2 aliphatic heterocycles. The number of amides is 3. The van der Waals surface area contributed by atoms with E-state index in [0.717, 1.165) is 39.4 Å². The Morgan fingerprint density at radius 3 is 2.21 bits per heavy atom. The molecule has 6 aliphatic rings. The number of thioether (sulfide) groups is 1. The molecule has 0 spiro atoms. The fraction of sp³-hybridized carbons (Fsp3) is 0.719. The predicted molar refractivity (Wildman–Crippen MR) is 151 cm³/mol. The molecule has 4 aliphatic carbocycles. The minimum atomic E-state index is -0.544. The maximum atomic E-state index is 13.0. The van der Waals surface area contributed by atoms with Gasteiger partial charge in [0.25, 0.3) is 5.91 Å². The number of rotatable bonds is 12. The molecule has 1 atom stereocenters. The normalized spacial score (nSPS) is 31.7. The van der Waals surface area contributed by atoms with E-state index in [1.807, 2.05) is 23.9 Å². The van der Waals surface area contributed by atoms with Crippen LogP contribution in [0, 0.1) is 23.2 Å². The van der Waals surface area contributed by atoms with Crippen molar-refractivity contribution in [3.63, 3.8) is 0 Å². The maximum absolute atomic E-state index is 13.0. The molecule has 5 fully saturated rings. The van der Waals surface area contributed by atoms with E-state index in [1.54, 1.807) is 43.4 Å². The summed E-state index contributed by atoms with van der Waals surface area (Å²) < 4.78 is 0. The lowest BCUT2D eigenvalue weighted by molar-refractivity contribution is -0.136. The molecule has 1 saturated heterocycles. The van der Waals surface area contributed by atoms with Crippen LogP contribution in [0.4, 0.5) is 0 Å². The van der Waals surface area contributed by atoms with Gasteiger partial charge in [0.15, 0.2) is 0 Å². The molecule has 7 rings (SSSR count). The number of nitrogens with one attached hydrogen (secondary N) is 1. The number of carbonyl (C=O) groups is 3. The van der Waals surface area contributed by atoms with Crippen LogP contribution in [0.3, 0.4) is 0 Å². The highest BCUT2D eigenvalue weighted by Gasteiger charge is 2.50. The first-order chi connectivity index (χ1) is 18.5. The highest BCUT2D eigenvalue weighted by molar-refractivity contribution is 7.99. The van der Waals surface area contributed by atoms with Crippen LogP contribution in [0.5, 0.6) is 0 Å². The first kappa shape index (κ1) is 26.4. The third-order valence-corrected chi connectivity index (χ3v) is 11.5. The van der Waals surface area contributed by atoms with Crippen molar-refractivity contribution >= 4 is 29.5 Å². The van der Waals surface area contributed by atoms with Gasteiger partial charge < -0.3 is 4.90 Å². The second-order valence-electron chi connectivity index (χ2n) is 13.2. The molecule has 1 unspecified atom stereocenters. The van der Waals surface area contributed by atoms with Gasteiger partial charge in [-0.25, -0.2) is 0 Å². The van der Waals surface area contributed by atoms with E-state index in [4.69, 9.17) is 0 Å². The van der Waals surface area contributed by atoms with E-state index < -0.39 is 6.04 Å². The zero-order chi connectivity index (χ0) is 26.1. The van der Waals surface area contributed by atoms with Crippen molar-refractivity contribution in [3.8, 4) is 0 Å². The summed E-state index contributed by atoms with van der Waals surface area (Å²) in [6.45, 7) is 0.465. The first-order valence-electron chi connectivity index (χ1n) is 15.4. The standard InChI is InChI=1S/C32H44N2O3S/c35-29-12-11-27(30(36)33-29)34-21-26-25(31(34)37)9-8-10-28(26)38-14-7-5-3-1-2-4-6-13-32-18-22-15-23(19-32)17-24(16-22)20-32/h8-10,22-24,27H,1-7,11-21H2,(H,33,35,36). The summed E-state index contributed by atoms with van der Waals surface area (Å²) in [4.78, 5) is 39.7. The molecule has 1 aromatic carbocycles. The summed E-state index contributed by atoms with van der Waals surface area (Å²) >= 11 is 1.84. The number of carbonyl (C=O) groups excluding carboxylic acids is 3. The van der Waals surface area contributed by atoms with Gasteiger partial charge in [-0.3, -0.25) is 19.7 Å². The Hall–Kier alpha value is -1.82. The van der Waals surface area contributed by atoms with E-state index in [0.29, 0.717) is 24.9 Å². The average molecular weight is 537 g/mol. The highest BCUT2D eigenvalue weighted by Crippen LogP contribution is 2.61. The molecule has 4 bridgehead atoms. The van der Waals surface area contributed by atoms with Crippen molar-refractivity contribution in [2.24, 2.45) is 23.2 Å². The van der Waals surface area contributed by atoms with Crippen LogP contribution in [0.2, 0.25) is 0 Å². The summed E-state index contributed by atoms with van der Waals surface area (Å²) in [5.74, 6) is 3.64. The third kappa shape index (κ3) is 5.57. The van der Waals surface area contributed by atoms with Crippen molar-refractivity contribution in [3.05, 3.63) is 29.3 Å². The van der Waals surface area contributed by atoms with Crippen molar-refractivity contribution in [2.75, 3.05) is 5.75 Å². The summed E-state index contributed by atoms with van der Waals surface area (Å²) in [5.41, 5.74) is 2.52. The molecule has 1 N–H and O–H groups in total. The van der Waals surface area contributed by atoms with Crippen LogP contribution >= 0.6 is 11.8 Å². The van der Waals surface area contributed by atoms with Gasteiger partial charge in [0.1, 0.15) is 6.04 Å². The van der Waals surface area contributed by atoms with Gasteiger partial charge in [-0.05, 0) is 104 Å². The van der Waals surface area contributed by atoms with E-state index in [9.17, 15) is 14.4 Å². The molecule has 4 saturated carbocycles. The van der Waals surface area contributed by atoms with Crippen molar-refractivity contribution in [1.82, 2.24) is 10.2 Å². The Morgan fingerprint density at radius 1 is 0.868 bits per heavy atom. The van der Waals surface area contributed by atoms with E-state index >= 15 is 0 Å². The molecule has 0 aromatic heterocycles. The second kappa shape index (κ2) is 11.3. The van der Waals surface area contributed by atoms with Gasteiger partial charge in [0, 0.05) is 23.4 Å². The number of fused-ring (bicyclic) bond motifs is 1. The molecular weight excluding hydrogens is 492 g/mol. The van der Waals surface area contributed by atoms with Gasteiger partial charge in [-0.15, -0.1) is 11.8 Å². The molecule has 5 nitrogen and oxygen atoms in total. The van der Waals surface area contributed by atoms with Gasteiger partial charge in [-0.2, -0.15) is 0 Å². The van der Waals surface area contributed by atoms with Crippen LogP contribution in [0.25, 0.3) is 0 Å². The fourth-order valence-corrected chi connectivity index (χ4v) is 10.0. The zero-order valence-corrected chi connectivity index (χ0v) is 23.7. The second-order valence-corrected chi connectivity index (χ2v) is 14.3. The predicted octanol–water partition coefficient (Wildman–Crippen LogP) is 6.88.